The second-order valence-corrected chi connectivity index (χ2v) is 10.4. The molecule has 0 spiro atoms. The summed E-state index contributed by atoms with van der Waals surface area (Å²) in [5.74, 6) is 0.605. The highest BCUT2D eigenvalue weighted by molar-refractivity contribution is 6.42. The van der Waals surface area contributed by atoms with E-state index >= 15 is 0 Å². The second kappa shape index (κ2) is 10.3. The second-order valence-electron chi connectivity index (χ2n) is 8.71. The van der Waals surface area contributed by atoms with Gasteiger partial charge in [0.2, 0.25) is 0 Å². The van der Waals surface area contributed by atoms with Crippen LogP contribution < -0.4 is 0 Å². The fraction of sp³-hybridized carbons (Fsp3) is 0.222. The number of aromatic nitrogens is 2. The van der Waals surface area contributed by atoms with Gasteiger partial charge in [0.1, 0.15) is 11.6 Å². The lowest BCUT2D eigenvalue weighted by Gasteiger charge is -2.28. The van der Waals surface area contributed by atoms with Crippen LogP contribution in [-0.4, -0.2) is 9.55 Å². The quantitative estimate of drug-likeness (QED) is 0.230. The SMILES string of the molecule is CC(C)(c1ccc(Cl)c(Cl)c1)c1cnc(CCCc2ccc(Cl)cc2Cl)n1-c1ccc(F)cc1. The molecule has 2 nitrogen and oxygen atoms in total. The van der Waals surface area contributed by atoms with Crippen LogP contribution in [0.2, 0.25) is 20.1 Å². The maximum atomic E-state index is 13.7. The van der Waals surface area contributed by atoms with E-state index in [0.717, 1.165) is 41.2 Å². The summed E-state index contributed by atoms with van der Waals surface area (Å²) in [5, 5.41) is 2.29. The van der Waals surface area contributed by atoms with Gasteiger partial charge in [-0.25, -0.2) is 9.37 Å². The largest absolute Gasteiger partial charge is 0.300 e. The van der Waals surface area contributed by atoms with Crippen molar-refractivity contribution in [3.05, 3.63) is 115 Å². The summed E-state index contributed by atoms with van der Waals surface area (Å²) in [5.41, 5.74) is 3.43. The Balaban J connectivity index is 1.70. The zero-order valence-electron chi connectivity index (χ0n) is 18.8. The molecule has 0 N–H and O–H groups in total. The Morgan fingerprint density at radius 2 is 1.56 bits per heavy atom. The lowest BCUT2D eigenvalue weighted by atomic mass is 9.81. The van der Waals surface area contributed by atoms with Crippen LogP contribution in [0.15, 0.2) is 66.9 Å². The molecule has 1 heterocycles. The summed E-state index contributed by atoms with van der Waals surface area (Å²) in [7, 11) is 0. The molecule has 34 heavy (non-hydrogen) atoms. The van der Waals surface area contributed by atoms with Crippen LogP contribution >= 0.6 is 46.4 Å². The summed E-state index contributed by atoms with van der Waals surface area (Å²) in [4.78, 5) is 4.77. The summed E-state index contributed by atoms with van der Waals surface area (Å²) in [6.07, 6.45) is 4.23. The third-order valence-electron chi connectivity index (χ3n) is 6.06. The van der Waals surface area contributed by atoms with Crippen LogP contribution in [0.4, 0.5) is 4.39 Å². The number of hydrogen-bond donors (Lipinski definition) is 0. The van der Waals surface area contributed by atoms with Crippen molar-refractivity contribution in [2.75, 3.05) is 0 Å². The van der Waals surface area contributed by atoms with E-state index in [4.69, 9.17) is 51.4 Å². The van der Waals surface area contributed by atoms with Crippen molar-refractivity contribution in [3.8, 4) is 5.69 Å². The van der Waals surface area contributed by atoms with E-state index in [9.17, 15) is 4.39 Å². The van der Waals surface area contributed by atoms with E-state index in [-0.39, 0.29) is 5.82 Å². The zero-order valence-corrected chi connectivity index (χ0v) is 21.8. The van der Waals surface area contributed by atoms with Crippen LogP contribution in [0.1, 0.15) is 42.9 Å². The van der Waals surface area contributed by atoms with Gasteiger partial charge in [0.05, 0.1) is 15.7 Å². The molecule has 4 aromatic rings. The molecule has 4 rings (SSSR count). The van der Waals surface area contributed by atoms with Crippen LogP contribution in [-0.2, 0) is 18.3 Å². The predicted molar refractivity (Wildman–Crippen MR) is 141 cm³/mol. The molecule has 0 saturated carbocycles. The normalized spacial score (nSPS) is 11.7. The molecule has 0 aliphatic carbocycles. The molecule has 7 heteroatoms. The lowest BCUT2D eigenvalue weighted by Crippen LogP contribution is -2.23. The lowest BCUT2D eigenvalue weighted by molar-refractivity contribution is 0.593. The smallest absolute Gasteiger partial charge is 0.123 e. The molecular weight excluding hydrogens is 513 g/mol. The molecule has 0 unspecified atom stereocenters. The first-order chi connectivity index (χ1) is 16.2. The van der Waals surface area contributed by atoms with Crippen LogP contribution in [0.25, 0.3) is 5.69 Å². The van der Waals surface area contributed by atoms with E-state index in [2.05, 4.69) is 18.4 Å². The van der Waals surface area contributed by atoms with Gasteiger partial charge in [0.15, 0.2) is 0 Å². The van der Waals surface area contributed by atoms with Crippen molar-refractivity contribution in [2.45, 2.75) is 38.5 Å². The molecule has 0 bridgehead atoms. The molecule has 0 saturated heterocycles. The Hall–Kier alpha value is -2.04. The highest BCUT2D eigenvalue weighted by Crippen LogP contribution is 2.37. The molecule has 0 fully saturated rings. The average molecular weight is 536 g/mol. The van der Waals surface area contributed by atoms with Gasteiger partial charge < -0.3 is 0 Å². The van der Waals surface area contributed by atoms with Crippen molar-refractivity contribution in [1.29, 1.82) is 0 Å². The first kappa shape index (κ1) is 25.1. The summed E-state index contributed by atoms with van der Waals surface area (Å²) >= 11 is 24.8. The summed E-state index contributed by atoms with van der Waals surface area (Å²) in [6.45, 7) is 4.22. The third kappa shape index (κ3) is 5.28. The standard InChI is InChI=1S/C27H23Cl4FN2/c1-27(2,18-7-13-22(29)24(31)14-18)25-16-33-26(34(25)21-11-9-20(32)10-12-21)5-3-4-17-6-8-19(28)15-23(17)30/h6-16H,3-5H2,1-2H3. The van der Waals surface area contributed by atoms with Gasteiger partial charge in [-0.3, -0.25) is 4.57 Å². The Morgan fingerprint density at radius 1 is 0.824 bits per heavy atom. The first-order valence-electron chi connectivity index (χ1n) is 10.9. The molecule has 176 valence electrons. The molecular formula is C27H23Cl4FN2. The third-order valence-corrected chi connectivity index (χ3v) is 7.39. The minimum atomic E-state index is -0.437. The fourth-order valence-electron chi connectivity index (χ4n) is 4.08. The van der Waals surface area contributed by atoms with Gasteiger partial charge in [-0.2, -0.15) is 0 Å². The maximum Gasteiger partial charge on any atom is 0.123 e. The number of halogens is 5. The van der Waals surface area contributed by atoms with Crippen molar-refractivity contribution in [3.63, 3.8) is 0 Å². The maximum absolute atomic E-state index is 13.7. The Kier molecular flexibility index (Phi) is 7.59. The average Bonchev–Trinajstić information content (AvgIpc) is 3.22. The number of nitrogens with zero attached hydrogens (tertiary/aromatic N) is 2. The molecule has 0 radical (unpaired) electrons. The topological polar surface area (TPSA) is 17.8 Å². The van der Waals surface area contributed by atoms with Crippen LogP contribution in [0.5, 0.6) is 0 Å². The van der Waals surface area contributed by atoms with E-state index in [1.807, 2.05) is 30.5 Å². The number of aryl methyl sites for hydroxylation is 2. The molecule has 0 atom stereocenters. The van der Waals surface area contributed by atoms with Crippen molar-refractivity contribution in [2.24, 2.45) is 0 Å². The highest BCUT2D eigenvalue weighted by Gasteiger charge is 2.29. The Labute approximate surface area is 219 Å². The molecule has 3 aromatic carbocycles. The van der Waals surface area contributed by atoms with Gasteiger partial charge >= 0.3 is 0 Å². The number of hydrogen-bond acceptors (Lipinski definition) is 1. The molecule has 0 aliphatic rings. The number of rotatable bonds is 7. The van der Waals surface area contributed by atoms with Crippen molar-refractivity contribution < 1.29 is 4.39 Å². The van der Waals surface area contributed by atoms with E-state index in [0.29, 0.717) is 26.5 Å². The Bertz CT molecular complexity index is 1310. The van der Waals surface area contributed by atoms with Crippen molar-refractivity contribution in [1.82, 2.24) is 9.55 Å². The predicted octanol–water partition coefficient (Wildman–Crippen LogP) is 9.13. The van der Waals surface area contributed by atoms with E-state index < -0.39 is 5.41 Å². The molecule has 1 aromatic heterocycles. The first-order valence-corrected chi connectivity index (χ1v) is 12.4. The zero-order chi connectivity index (χ0) is 24.5. The summed E-state index contributed by atoms with van der Waals surface area (Å²) < 4.78 is 15.8. The fourth-order valence-corrected chi connectivity index (χ4v) is 4.88. The van der Waals surface area contributed by atoms with Crippen LogP contribution in [0.3, 0.4) is 0 Å². The molecule has 0 amide bonds. The van der Waals surface area contributed by atoms with E-state index in [1.54, 1.807) is 24.3 Å². The van der Waals surface area contributed by atoms with Gasteiger partial charge in [0, 0.05) is 33.8 Å². The highest BCUT2D eigenvalue weighted by atomic mass is 35.5. The van der Waals surface area contributed by atoms with Crippen molar-refractivity contribution >= 4 is 46.4 Å². The monoisotopic (exact) mass is 534 g/mol. The van der Waals surface area contributed by atoms with Gasteiger partial charge in [-0.1, -0.05) is 72.4 Å². The van der Waals surface area contributed by atoms with Gasteiger partial charge in [-0.05, 0) is 72.5 Å². The number of imidazole rings is 1. The minimum absolute atomic E-state index is 0.284. The van der Waals surface area contributed by atoms with Gasteiger partial charge in [0.25, 0.3) is 0 Å². The van der Waals surface area contributed by atoms with E-state index in [1.165, 1.54) is 12.1 Å². The summed E-state index contributed by atoms with van der Waals surface area (Å²) in [6, 6.07) is 17.7. The van der Waals surface area contributed by atoms with Gasteiger partial charge in [-0.15, -0.1) is 0 Å². The minimum Gasteiger partial charge on any atom is -0.300 e. The Morgan fingerprint density at radius 3 is 2.24 bits per heavy atom. The number of benzene rings is 3. The molecule has 0 aliphatic heterocycles. The van der Waals surface area contributed by atoms with Crippen LogP contribution in [0, 0.1) is 5.82 Å².